The van der Waals surface area contributed by atoms with Gasteiger partial charge >= 0.3 is 0 Å². The molecule has 142 valence electrons. The Balaban J connectivity index is 2.20. The second kappa shape index (κ2) is 7.88. The molecule has 27 heavy (non-hydrogen) atoms. The Morgan fingerprint density at radius 2 is 2.04 bits per heavy atom. The lowest BCUT2D eigenvalue weighted by Gasteiger charge is -2.14. The maximum absolute atomic E-state index is 12.9. The van der Waals surface area contributed by atoms with E-state index in [1.54, 1.807) is 10.8 Å². The molecule has 2 heterocycles. The highest BCUT2D eigenvalue weighted by molar-refractivity contribution is 6.07. The Morgan fingerprint density at radius 1 is 1.26 bits per heavy atom. The van der Waals surface area contributed by atoms with Crippen LogP contribution in [0.3, 0.4) is 0 Å². The molecule has 2 aromatic heterocycles. The number of hydrogen-bond donors (Lipinski definition) is 1. The predicted molar refractivity (Wildman–Crippen MR) is 109 cm³/mol. The molecule has 0 radical (unpaired) electrons. The number of likely N-dealkylation sites (N-methyl/N-ethyl adjacent to an activating group) is 1. The molecular weight excluding hydrogens is 340 g/mol. The van der Waals surface area contributed by atoms with Gasteiger partial charge in [0.2, 0.25) is 0 Å². The minimum absolute atomic E-state index is 0.104. The van der Waals surface area contributed by atoms with Crippen molar-refractivity contribution in [2.75, 3.05) is 27.2 Å². The van der Waals surface area contributed by atoms with E-state index in [1.165, 1.54) is 0 Å². The van der Waals surface area contributed by atoms with Gasteiger partial charge in [-0.1, -0.05) is 25.1 Å². The van der Waals surface area contributed by atoms with Crippen LogP contribution < -0.4 is 10.9 Å². The smallest absolute Gasteiger partial charge is 0.260 e. The average molecular weight is 366 g/mol. The van der Waals surface area contributed by atoms with Crippen LogP contribution in [0.25, 0.3) is 21.8 Å². The summed E-state index contributed by atoms with van der Waals surface area (Å²) < 4.78 is 1.62. The summed E-state index contributed by atoms with van der Waals surface area (Å²) >= 11 is 0. The summed E-state index contributed by atoms with van der Waals surface area (Å²) in [5, 5.41) is 4.34. The molecule has 0 bridgehead atoms. The van der Waals surface area contributed by atoms with Crippen LogP contribution in [0, 0.1) is 6.92 Å². The van der Waals surface area contributed by atoms with Crippen molar-refractivity contribution in [2.45, 2.75) is 26.8 Å². The number of carbonyl (C=O) groups excluding carboxylic acids is 1. The number of para-hydroxylation sites is 1. The highest BCUT2D eigenvalue weighted by Crippen LogP contribution is 2.22. The molecule has 0 spiro atoms. The predicted octanol–water partition coefficient (Wildman–Crippen LogP) is 2.56. The molecule has 0 aliphatic rings. The van der Waals surface area contributed by atoms with E-state index in [2.05, 4.69) is 5.32 Å². The van der Waals surface area contributed by atoms with Gasteiger partial charge in [-0.2, -0.15) is 0 Å². The highest BCUT2D eigenvalue weighted by Gasteiger charge is 2.17. The Morgan fingerprint density at radius 3 is 2.74 bits per heavy atom. The van der Waals surface area contributed by atoms with Crippen LogP contribution in [0.15, 0.2) is 35.3 Å². The molecule has 3 aromatic rings. The molecular formula is C21H26N4O2. The van der Waals surface area contributed by atoms with Gasteiger partial charge in [0.15, 0.2) is 0 Å². The largest absolute Gasteiger partial charge is 0.351 e. The van der Waals surface area contributed by atoms with Gasteiger partial charge in [-0.25, -0.2) is 4.98 Å². The van der Waals surface area contributed by atoms with E-state index in [4.69, 9.17) is 4.98 Å². The zero-order chi connectivity index (χ0) is 19.6. The van der Waals surface area contributed by atoms with Gasteiger partial charge < -0.3 is 14.8 Å². The molecule has 1 aromatic carbocycles. The number of hydrogen-bond acceptors (Lipinski definition) is 4. The molecule has 0 saturated heterocycles. The van der Waals surface area contributed by atoms with Gasteiger partial charge in [-0.05, 0) is 39.1 Å². The first-order valence-corrected chi connectivity index (χ1v) is 9.28. The molecule has 3 rings (SSSR count). The SMILES string of the molecule is CCCn1cc(C(=O)NCCN(C)C)c2nc3c(C)cccc3cc2c1=O. The molecule has 0 aliphatic carbocycles. The van der Waals surface area contributed by atoms with Crippen molar-refractivity contribution in [3.63, 3.8) is 0 Å². The average Bonchev–Trinajstić information content (AvgIpc) is 2.63. The lowest BCUT2D eigenvalue weighted by molar-refractivity contribution is 0.0951. The highest BCUT2D eigenvalue weighted by atomic mass is 16.2. The van der Waals surface area contributed by atoms with E-state index in [9.17, 15) is 9.59 Å². The van der Waals surface area contributed by atoms with E-state index >= 15 is 0 Å². The fourth-order valence-electron chi connectivity index (χ4n) is 3.21. The van der Waals surface area contributed by atoms with E-state index in [0.717, 1.165) is 29.4 Å². The van der Waals surface area contributed by atoms with Gasteiger partial charge in [0.25, 0.3) is 11.5 Å². The zero-order valence-corrected chi connectivity index (χ0v) is 16.4. The van der Waals surface area contributed by atoms with Crippen molar-refractivity contribution < 1.29 is 4.79 Å². The van der Waals surface area contributed by atoms with Crippen LogP contribution >= 0.6 is 0 Å². The van der Waals surface area contributed by atoms with Crippen LogP contribution in [0.4, 0.5) is 0 Å². The quantitative estimate of drug-likeness (QED) is 0.681. The van der Waals surface area contributed by atoms with Crippen molar-refractivity contribution in [3.8, 4) is 0 Å². The number of pyridine rings is 2. The lowest BCUT2D eigenvalue weighted by atomic mass is 10.1. The number of benzene rings is 1. The summed E-state index contributed by atoms with van der Waals surface area (Å²) in [7, 11) is 3.92. The number of aromatic nitrogens is 2. The third-order valence-electron chi connectivity index (χ3n) is 4.63. The van der Waals surface area contributed by atoms with Gasteiger partial charge in [0.05, 0.1) is 22.0 Å². The second-order valence-corrected chi connectivity index (χ2v) is 7.13. The minimum atomic E-state index is -0.202. The number of fused-ring (bicyclic) bond motifs is 2. The molecule has 1 amide bonds. The van der Waals surface area contributed by atoms with Crippen molar-refractivity contribution in [2.24, 2.45) is 0 Å². The Bertz CT molecular complexity index is 1050. The van der Waals surface area contributed by atoms with Crippen LogP contribution in [0.2, 0.25) is 0 Å². The normalized spacial score (nSPS) is 11.4. The van der Waals surface area contributed by atoms with Crippen LogP contribution in [0.5, 0.6) is 0 Å². The summed E-state index contributed by atoms with van der Waals surface area (Å²) in [5.74, 6) is -0.202. The van der Waals surface area contributed by atoms with Gasteiger partial charge in [0, 0.05) is 31.2 Å². The van der Waals surface area contributed by atoms with Crippen LogP contribution in [-0.4, -0.2) is 47.5 Å². The van der Waals surface area contributed by atoms with Crippen molar-refractivity contribution in [1.29, 1.82) is 0 Å². The number of nitrogens with one attached hydrogen (secondary N) is 1. The number of rotatable bonds is 6. The first kappa shape index (κ1) is 19.0. The topological polar surface area (TPSA) is 67.2 Å². The van der Waals surface area contributed by atoms with E-state index in [0.29, 0.717) is 29.6 Å². The standard InChI is InChI=1S/C21H26N4O2/c1-5-10-25-13-17(20(26)22-9-11-24(3)4)19-16(21(25)27)12-15-8-6-7-14(2)18(15)23-19/h6-8,12-13H,5,9-11H2,1-4H3,(H,22,26). The second-order valence-electron chi connectivity index (χ2n) is 7.13. The Hall–Kier alpha value is -2.73. The number of aryl methyl sites for hydroxylation is 2. The van der Waals surface area contributed by atoms with Crippen molar-refractivity contribution >= 4 is 27.7 Å². The Labute approximate surface area is 158 Å². The summed E-state index contributed by atoms with van der Waals surface area (Å²) in [6, 6.07) is 7.74. The summed E-state index contributed by atoms with van der Waals surface area (Å²) in [4.78, 5) is 32.5. The summed E-state index contributed by atoms with van der Waals surface area (Å²) in [6.45, 7) is 5.84. The molecule has 0 unspecified atom stereocenters. The van der Waals surface area contributed by atoms with Crippen LogP contribution in [-0.2, 0) is 6.54 Å². The summed E-state index contributed by atoms with van der Waals surface area (Å²) in [5.41, 5.74) is 2.65. The van der Waals surface area contributed by atoms with E-state index in [1.807, 2.05) is 57.1 Å². The fraction of sp³-hybridized carbons (Fsp3) is 0.381. The molecule has 0 saturated carbocycles. The number of amides is 1. The lowest BCUT2D eigenvalue weighted by Crippen LogP contribution is -2.33. The maximum Gasteiger partial charge on any atom is 0.260 e. The minimum Gasteiger partial charge on any atom is -0.351 e. The third kappa shape index (κ3) is 3.85. The zero-order valence-electron chi connectivity index (χ0n) is 16.4. The van der Waals surface area contributed by atoms with Gasteiger partial charge in [-0.3, -0.25) is 9.59 Å². The van der Waals surface area contributed by atoms with E-state index in [-0.39, 0.29) is 11.5 Å². The van der Waals surface area contributed by atoms with Gasteiger partial charge in [-0.15, -0.1) is 0 Å². The molecule has 6 heteroatoms. The molecule has 0 atom stereocenters. The monoisotopic (exact) mass is 366 g/mol. The molecule has 1 N–H and O–H groups in total. The van der Waals surface area contributed by atoms with Crippen molar-refractivity contribution in [1.82, 2.24) is 19.8 Å². The molecule has 6 nitrogen and oxygen atoms in total. The van der Waals surface area contributed by atoms with Gasteiger partial charge in [0.1, 0.15) is 0 Å². The number of nitrogens with zero attached hydrogens (tertiary/aromatic N) is 3. The first-order chi connectivity index (χ1) is 12.9. The molecule has 0 fully saturated rings. The van der Waals surface area contributed by atoms with E-state index < -0.39 is 0 Å². The maximum atomic E-state index is 12.9. The Kier molecular flexibility index (Phi) is 5.56. The van der Waals surface area contributed by atoms with Crippen LogP contribution in [0.1, 0.15) is 29.3 Å². The fourth-order valence-corrected chi connectivity index (χ4v) is 3.21. The number of carbonyl (C=O) groups is 1. The summed E-state index contributed by atoms with van der Waals surface area (Å²) in [6.07, 6.45) is 2.46. The molecule has 0 aliphatic heterocycles. The third-order valence-corrected chi connectivity index (χ3v) is 4.63. The van der Waals surface area contributed by atoms with Crippen molar-refractivity contribution in [3.05, 3.63) is 51.9 Å². The first-order valence-electron chi connectivity index (χ1n) is 9.28.